The molecule has 1 saturated heterocycles. The first-order chi connectivity index (χ1) is 10.4. The van der Waals surface area contributed by atoms with E-state index in [9.17, 15) is 13.5 Å². The number of hydrogen-bond donors (Lipinski definition) is 1. The van der Waals surface area contributed by atoms with Gasteiger partial charge in [-0.3, -0.25) is 0 Å². The maximum Gasteiger partial charge on any atom is 0.260 e. The largest absolute Gasteiger partial charge is 0.383 e. The lowest BCUT2D eigenvalue weighted by atomic mass is 10.0. The zero-order valence-electron chi connectivity index (χ0n) is 12.7. The van der Waals surface area contributed by atoms with Crippen molar-refractivity contribution in [3.8, 4) is 0 Å². The van der Waals surface area contributed by atoms with E-state index in [1.165, 1.54) is 11.4 Å². The SMILES string of the molecule is COC[C@@H](C)S(=O)(=O)N1CC[C@](O)(c2nc(C3CC3)no2)C1. The lowest BCUT2D eigenvalue weighted by Gasteiger charge is -2.22. The van der Waals surface area contributed by atoms with Gasteiger partial charge in [-0.15, -0.1) is 0 Å². The van der Waals surface area contributed by atoms with Crippen LogP contribution < -0.4 is 0 Å². The molecule has 2 aliphatic rings. The van der Waals surface area contributed by atoms with Crippen LogP contribution in [0.4, 0.5) is 0 Å². The molecule has 22 heavy (non-hydrogen) atoms. The maximum absolute atomic E-state index is 12.4. The minimum absolute atomic E-state index is 0.0598. The van der Waals surface area contributed by atoms with E-state index in [-0.39, 0.29) is 32.0 Å². The smallest absolute Gasteiger partial charge is 0.260 e. The van der Waals surface area contributed by atoms with Gasteiger partial charge < -0.3 is 14.4 Å². The Morgan fingerprint density at radius 3 is 2.91 bits per heavy atom. The lowest BCUT2D eigenvalue weighted by molar-refractivity contribution is 0.0193. The molecule has 0 bridgehead atoms. The standard InChI is InChI=1S/C13H21N3O5S/c1-9(7-20-2)22(18,19)16-6-5-13(17,8-16)12-14-11(15-21-12)10-3-4-10/h9-10,17H,3-8H2,1-2H3/t9-,13-/m1/s1. The average molecular weight is 331 g/mol. The molecule has 1 saturated carbocycles. The molecule has 1 aliphatic carbocycles. The molecule has 9 heteroatoms. The number of nitrogens with zero attached hydrogens (tertiary/aromatic N) is 3. The summed E-state index contributed by atoms with van der Waals surface area (Å²) in [7, 11) is -2.06. The first kappa shape index (κ1) is 15.9. The molecule has 1 aromatic rings. The Morgan fingerprint density at radius 2 is 2.27 bits per heavy atom. The van der Waals surface area contributed by atoms with E-state index in [4.69, 9.17) is 9.26 Å². The number of sulfonamides is 1. The summed E-state index contributed by atoms with van der Waals surface area (Å²) in [6.07, 6.45) is 2.32. The van der Waals surface area contributed by atoms with Crippen LogP contribution in [0.1, 0.15) is 43.8 Å². The fourth-order valence-corrected chi connectivity index (χ4v) is 4.21. The zero-order chi connectivity index (χ0) is 16.0. The van der Waals surface area contributed by atoms with Gasteiger partial charge in [0.05, 0.1) is 18.4 Å². The number of aliphatic hydroxyl groups is 1. The number of methoxy groups -OCH3 is 1. The van der Waals surface area contributed by atoms with Crippen molar-refractivity contribution >= 4 is 10.0 Å². The Bertz CT molecular complexity index is 642. The number of β-amino-alcohol motifs (C(OH)–C–C–N with tert-alkyl or cyclic N) is 1. The molecule has 1 aromatic heterocycles. The number of ether oxygens (including phenoxy) is 1. The maximum atomic E-state index is 12.4. The first-order valence-electron chi connectivity index (χ1n) is 7.41. The molecule has 0 spiro atoms. The van der Waals surface area contributed by atoms with Gasteiger partial charge >= 0.3 is 0 Å². The monoisotopic (exact) mass is 331 g/mol. The quantitative estimate of drug-likeness (QED) is 0.794. The van der Waals surface area contributed by atoms with Crippen molar-refractivity contribution in [3.05, 3.63) is 11.7 Å². The van der Waals surface area contributed by atoms with Crippen molar-refractivity contribution in [1.29, 1.82) is 0 Å². The van der Waals surface area contributed by atoms with E-state index in [0.29, 0.717) is 11.7 Å². The predicted molar refractivity (Wildman–Crippen MR) is 76.6 cm³/mol. The van der Waals surface area contributed by atoms with Gasteiger partial charge in [0.2, 0.25) is 10.0 Å². The van der Waals surface area contributed by atoms with E-state index in [2.05, 4.69) is 10.1 Å². The second kappa shape index (κ2) is 5.55. The van der Waals surface area contributed by atoms with E-state index >= 15 is 0 Å². The van der Waals surface area contributed by atoms with Gasteiger partial charge in [-0.1, -0.05) is 5.16 Å². The van der Waals surface area contributed by atoms with Crippen LogP contribution in [0.15, 0.2) is 4.52 Å². The van der Waals surface area contributed by atoms with Gasteiger partial charge in [-0.2, -0.15) is 9.29 Å². The molecule has 3 rings (SSSR count). The Balaban J connectivity index is 1.74. The second-order valence-electron chi connectivity index (χ2n) is 6.16. The summed E-state index contributed by atoms with van der Waals surface area (Å²) in [6, 6.07) is 0. The van der Waals surface area contributed by atoms with Crippen LogP contribution in [-0.2, 0) is 20.4 Å². The molecule has 124 valence electrons. The predicted octanol–water partition coefficient (Wildman–Crippen LogP) is 0.205. The van der Waals surface area contributed by atoms with Crippen LogP contribution in [0.3, 0.4) is 0 Å². The highest BCUT2D eigenvalue weighted by Crippen LogP contribution is 2.40. The molecule has 1 N–H and O–H groups in total. The first-order valence-corrected chi connectivity index (χ1v) is 8.91. The minimum atomic E-state index is -3.52. The fourth-order valence-electron chi connectivity index (χ4n) is 2.66. The van der Waals surface area contributed by atoms with Gasteiger partial charge in [-0.25, -0.2) is 8.42 Å². The fraction of sp³-hybridized carbons (Fsp3) is 0.846. The van der Waals surface area contributed by atoms with Crippen LogP contribution in [0.5, 0.6) is 0 Å². The molecule has 0 aromatic carbocycles. The van der Waals surface area contributed by atoms with Crippen LogP contribution >= 0.6 is 0 Å². The number of rotatable bonds is 6. The molecule has 0 radical (unpaired) electrons. The highest BCUT2D eigenvalue weighted by molar-refractivity contribution is 7.89. The summed E-state index contributed by atoms with van der Waals surface area (Å²) in [5, 5.41) is 13.9. The van der Waals surface area contributed by atoms with E-state index in [0.717, 1.165) is 12.8 Å². The summed E-state index contributed by atoms with van der Waals surface area (Å²) in [4.78, 5) is 4.25. The Hall–Kier alpha value is -1.03. The van der Waals surface area contributed by atoms with Gasteiger partial charge in [0.15, 0.2) is 11.4 Å². The zero-order valence-corrected chi connectivity index (χ0v) is 13.5. The van der Waals surface area contributed by atoms with Gasteiger partial charge in [0.25, 0.3) is 5.89 Å². The molecule has 8 nitrogen and oxygen atoms in total. The van der Waals surface area contributed by atoms with Crippen molar-refractivity contribution in [2.24, 2.45) is 0 Å². The molecule has 0 unspecified atom stereocenters. The molecular formula is C13H21N3O5S. The third kappa shape index (κ3) is 2.78. The third-order valence-electron chi connectivity index (χ3n) is 4.26. The molecule has 0 amide bonds. The second-order valence-corrected chi connectivity index (χ2v) is 8.51. The van der Waals surface area contributed by atoms with E-state index in [1.54, 1.807) is 6.92 Å². The third-order valence-corrected chi connectivity index (χ3v) is 6.45. The minimum Gasteiger partial charge on any atom is -0.383 e. The molecule has 1 aliphatic heterocycles. The summed E-state index contributed by atoms with van der Waals surface area (Å²) in [5.74, 6) is 1.05. The molecule has 2 fully saturated rings. The van der Waals surface area contributed by atoms with Crippen molar-refractivity contribution in [1.82, 2.24) is 14.4 Å². The van der Waals surface area contributed by atoms with Gasteiger partial charge in [-0.05, 0) is 19.8 Å². The van der Waals surface area contributed by atoms with Crippen molar-refractivity contribution in [3.63, 3.8) is 0 Å². The summed E-state index contributed by atoms with van der Waals surface area (Å²) in [6.45, 7) is 1.88. The van der Waals surface area contributed by atoms with Gasteiger partial charge in [0, 0.05) is 26.0 Å². The normalized spacial score (nSPS) is 28.1. The average Bonchev–Trinajstić information content (AvgIpc) is 3.04. The Morgan fingerprint density at radius 1 is 1.55 bits per heavy atom. The van der Waals surface area contributed by atoms with Crippen LogP contribution in [0.2, 0.25) is 0 Å². The van der Waals surface area contributed by atoms with Crippen molar-refractivity contribution < 1.29 is 22.8 Å². The van der Waals surface area contributed by atoms with E-state index in [1.807, 2.05) is 0 Å². The molecular weight excluding hydrogens is 310 g/mol. The Kier molecular flexibility index (Phi) is 4.00. The lowest BCUT2D eigenvalue weighted by Crippen LogP contribution is -2.40. The number of hydrogen-bond acceptors (Lipinski definition) is 7. The van der Waals surface area contributed by atoms with Crippen LogP contribution in [0, 0.1) is 0 Å². The highest BCUT2D eigenvalue weighted by atomic mass is 32.2. The molecule has 2 heterocycles. The summed E-state index contributed by atoms with van der Waals surface area (Å²) in [5.41, 5.74) is -1.40. The van der Waals surface area contributed by atoms with Crippen molar-refractivity contribution in [2.45, 2.75) is 43.0 Å². The summed E-state index contributed by atoms with van der Waals surface area (Å²) >= 11 is 0. The van der Waals surface area contributed by atoms with Crippen LogP contribution in [0.25, 0.3) is 0 Å². The van der Waals surface area contributed by atoms with Crippen LogP contribution in [-0.4, -0.2) is 60.0 Å². The number of aromatic nitrogens is 2. The van der Waals surface area contributed by atoms with E-state index < -0.39 is 20.9 Å². The molecule has 2 atom stereocenters. The van der Waals surface area contributed by atoms with Gasteiger partial charge in [0.1, 0.15) is 0 Å². The highest BCUT2D eigenvalue weighted by Gasteiger charge is 2.48. The Labute approximate surface area is 129 Å². The topological polar surface area (TPSA) is 106 Å². The summed E-state index contributed by atoms with van der Waals surface area (Å²) < 4.78 is 36.2. The van der Waals surface area contributed by atoms with Crippen molar-refractivity contribution in [2.75, 3.05) is 26.8 Å².